The van der Waals surface area contributed by atoms with E-state index in [-0.39, 0.29) is 17.7 Å². The van der Waals surface area contributed by atoms with Crippen molar-refractivity contribution in [2.75, 3.05) is 27.2 Å². The van der Waals surface area contributed by atoms with Crippen molar-refractivity contribution in [3.05, 3.63) is 42.2 Å². The number of hydrogen-bond donors (Lipinski definition) is 0. The first-order valence-corrected chi connectivity index (χ1v) is 9.81. The molecule has 0 unspecified atom stereocenters. The first-order chi connectivity index (χ1) is 13.0. The van der Waals surface area contributed by atoms with Crippen LogP contribution in [0.25, 0.3) is 21.0 Å². The van der Waals surface area contributed by atoms with Gasteiger partial charge in [-0.15, -0.1) is 11.3 Å². The van der Waals surface area contributed by atoms with Crippen LogP contribution in [0, 0.1) is 5.92 Å². The highest BCUT2D eigenvalue weighted by Crippen LogP contribution is 2.31. The third-order valence-electron chi connectivity index (χ3n) is 4.89. The number of benzene rings is 1. The van der Waals surface area contributed by atoms with E-state index in [2.05, 4.69) is 4.98 Å². The summed E-state index contributed by atoms with van der Waals surface area (Å²) in [5, 5.41) is 0.769. The van der Waals surface area contributed by atoms with E-state index in [9.17, 15) is 9.59 Å². The molecule has 1 fully saturated rings. The Kier molecular flexibility index (Phi) is 4.70. The lowest BCUT2D eigenvalue weighted by Gasteiger charge is -2.31. The topological polar surface area (TPSA) is 66.7 Å². The first kappa shape index (κ1) is 17.7. The van der Waals surface area contributed by atoms with Crippen LogP contribution in [0.5, 0.6) is 0 Å². The SMILES string of the molecule is CN(C)C(=O)C1CCN(C(=O)c2ccc(-c3nc4ccccc4s3)o2)CC1. The van der Waals surface area contributed by atoms with Crippen molar-refractivity contribution in [1.82, 2.24) is 14.8 Å². The Morgan fingerprint density at radius 3 is 2.59 bits per heavy atom. The van der Waals surface area contributed by atoms with E-state index in [4.69, 9.17) is 4.42 Å². The molecule has 3 aromatic rings. The molecule has 1 aromatic carbocycles. The van der Waals surface area contributed by atoms with E-state index in [1.165, 1.54) is 0 Å². The number of carbonyl (C=O) groups is 2. The molecule has 27 heavy (non-hydrogen) atoms. The Labute approximate surface area is 161 Å². The number of piperidine rings is 1. The Bertz CT molecular complexity index is 950. The third kappa shape index (κ3) is 3.47. The molecule has 7 heteroatoms. The highest BCUT2D eigenvalue weighted by atomic mass is 32.1. The van der Waals surface area contributed by atoms with Crippen molar-refractivity contribution in [3.63, 3.8) is 0 Å². The van der Waals surface area contributed by atoms with E-state index >= 15 is 0 Å². The largest absolute Gasteiger partial charge is 0.448 e. The van der Waals surface area contributed by atoms with Crippen LogP contribution in [0.3, 0.4) is 0 Å². The van der Waals surface area contributed by atoms with Gasteiger partial charge in [0.05, 0.1) is 10.2 Å². The smallest absolute Gasteiger partial charge is 0.289 e. The molecule has 1 aliphatic heterocycles. The highest BCUT2D eigenvalue weighted by molar-refractivity contribution is 7.21. The van der Waals surface area contributed by atoms with Gasteiger partial charge in [0, 0.05) is 33.1 Å². The quantitative estimate of drug-likeness (QED) is 0.694. The van der Waals surface area contributed by atoms with Crippen molar-refractivity contribution in [2.24, 2.45) is 5.92 Å². The molecule has 6 nitrogen and oxygen atoms in total. The minimum absolute atomic E-state index is 0.000963. The maximum Gasteiger partial charge on any atom is 0.289 e. The number of amides is 2. The summed E-state index contributed by atoms with van der Waals surface area (Å²) in [6.45, 7) is 1.14. The Balaban J connectivity index is 1.45. The van der Waals surface area contributed by atoms with Gasteiger partial charge in [0.25, 0.3) is 5.91 Å². The van der Waals surface area contributed by atoms with Crippen molar-refractivity contribution in [1.29, 1.82) is 0 Å². The number of fused-ring (bicyclic) bond motifs is 1. The normalized spacial score (nSPS) is 15.3. The second-order valence-corrected chi connectivity index (χ2v) is 7.98. The summed E-state index contributed by atoms with van der Waals surface area (Å²) in [6.07, 6.45) is 1.38. The van der Waals surface area contributed by atoms with Crippen LogP contribution in [0.4, 0.5) is 0 Å². The molecule has 0 radical (unpaired) electrons. The summed E-state index contributed by atoms with van der Waals surface area (Å²) in [6, 6.07) is 11.4. The molecule has 0 aliphatic carbocycles. The molecule has 0 bridgehead atoms. The number of thiazole rings is 1. The van der Waals surface area contributed by atoms with Gasteiger partial charge < -0.3 is 14.2 Å². The molecule has 140 valence electrons. The van der Waals surface area contributed by atoms with Crippen LogP contribution in [-0.4, -0.2) is 53.8 Å². The van der Waals surface area contributed by atoms with Gasteiger partial charge >= 0.3 is 0 Å². The number of furan rings is 1. The van der Waals surface area contributed by atoms with Crippen molar-refractivity contribution in [2.45, 2.75) is 12.8 Å². The number of para-hydroxylation sites is 1. The van der Waals surface area contributed by atoms with Gasteiger partial charge in [-0.25, -0.2) is 4.98 Å². The lowest BCUT2D eigenvalue weighted by atomic mass is 9.95. The number of likely N-dealkylation sites (tertiary alicyclic amines) is 1. The van der Waals surface area contributed by atoms with Crippen molar-refractivity contribution in [3.8, 4) is 10.8 Å². The number of hydrogen-bond acceptors (Lipinski definition) is 5. The molecule has 0 saturated carbocycles. The zero-order valence-corrected chi connectivity index (χ0v) is 16.2. The lowest BCUT2D eigenvalue weighted by molar-refractivity contribution is -0.134. The standard InChI is InChI=1S/C20H21N3O3S/c1-22(2)19(24)13-9-11-23(12-10-13)20(25)16-8-7-15(26-16)18-21-14-5-3-4-6-17(14)27-18/h3-8,13H,9-12H2,1-2H3. The Morgan fingerprint density at radius 1 is 1.15 bits per heavy atom. The molecule has 2 aromatic heterocycles. The van der Waals surface area contributed by atoms with Gasteiger partial charge in [0.2, 0.25) is 5.91 Å². The van der Waals surface area contributed by atoms with Gasteiger partial charge in [-0.3, -0.25) is 9.59 Å². The number of carbonyl (C=O) groups excluding carboxylic acids is 2. The summed E-state index contributed by atoms with van der Waals surface area (Å²) >= 11 is 1.55. The summed E-state index contributed by atoms with van der Waals surface area (Å²) in [5.74, 6) is 0.939. The predicted octanol–water partition coefficient (Wildman–Crippen LogP) is 3.50. The van der Waals surface area contributed by atoms with Crippen molar-refractivity contribution >= 4 is 33.4 Å². The third-order valence-corrected chi connectivity index (χ3v) is 5.94. The highest BCUT2D eigenvalue weighted by Gasteiger charge is 2.29. The fourth-order valence-corrected chi connectivity index (χ4v) is 4.32. The van der Waals surface area contributed by atoms with Gasteiger partial charge in [0.1, 0.15) is 0 Å². The molecule has 1 saturated heterocycles. The molecule has 2 amide bonds. The number of rotatable bonds is 3. The van der Waals surface area contributed by atoms with Crippen LogP contribution >= 0.6 is 11.3 Å². The molecule has 4 rings (SSSR count). The molecule has 0 spiro atoms. The van der Waals surface area contributed by atoms with E-state index in [0.29, 0.717) is 37.5 Å². The van der Waals surface area contributed by atoms with Gasteiger partial charge in [-0.1, -0.05) is 12.1 Å². The lowest BCUT2D eigenvalue weighted by Crippen LogP contribution is -2.42. The summed E-state index contributed by atoms with van der Waals surface area (Å²) < 4.78 is 6.90. The van der Waals surface area contributed by atoms with E-state index in [1.807, 2.05) is 24.3 Å². The zero-order chi connectivity index (χ0) is 19.0. The molecule has 1 aliphatic rings. The van der Waals surface area contributed by atoms with Crippen LogP contribution in [0.2, 0.25) is 0 Å². The minimum atomic E-state index is -0.127. The fraction of sp³-hybridized carbons (Fsp3) is 0.350. The Morgan fingerprint density at radius 2 is 1.89 bits per heavy atom. The van der Waals surface area contributed by atoms with Crippen LogP contribution < -0.4 is 0 Å². The fourth-order valence-electron chi connectivity index (χ4n) is 3.40. The summed E-state index contributed by atoms with van der Waals surface area (Å²) in [4.78, 5) is 32.8. The van der Waals surface area contributed by atoms with E-state index in [0.717, 1.165) is 15.2 Å². The molecular formula is C20H21N3O3S. The Hall–Kier alpha value is -2.67. The average Bonchev–Trinajstić information content (AvgIpc) is 3.33. The van der Waals surface area contributed by atoms with Crippen LogP contribution in [-0.2, 0) is 4.79 Å². The zero-order valence-electron chi connectivity index (χ0n) is 15.3. The maximum atomic E-state index is 12.7. The maximum absolute atomic E-state index is 12.7. The van der Waals surface area contributed by atoms with Crippen LogP contribution in [0.1, 0.15) is 23.4 Å². The molecule has 0 N–H and O–H groups in total. The first-order valence-electron chi connectivity index (χ1n) is 8.99. The molecule has 3 heterocycles. The number of nitrogens with zero attached hydrogens (tertiary/aromatic N) is 3. The second-order valence-electron chi connectivity index (χ2n) is 6.95. The van der Waals surface area contributed by atoms with Crippen LogP contribution in [0.15, 0.2) is 40.8 Å². The average molecular weight is 383 g/mol. The van der Waals surface area contributed by atoms with Crippen molar-refractivity contribution < 1.29 is 14.0 Å². The van der Waals surface area contributed by atoms with Gasteiger partial charge in [-0.2, -0.15) is 0 Å². The van der Waals surface area contributed by atoms with E-state index < -0.39 is 0 Å². The van der Waals surface area contributed by atoms with E-state index in [1.54, 1.807) is 47.4 Å². The second kappa shape index (κ2) is 7.15. The monoisotopic (exact) mass is 383 g/mol. The molecule has 0 atom stereocenters. The summed E-state index contributed by atoms with van der Waals surface area (Å²) in [7, 11) is 3.54. The minimum Gasteiger partial charge on any atom is -0.448 e. The van der Waals surface area contributed by atoms with Gasteiger partial charge in [0.15, 0.2) is 16.5 Å². The number of aromatic nitrogens is 1. The summed E-state index contributed by atoms with van der Waals surface area (Å²) in [5.41, 5.74) is 0.925. The predicted molar refractivity (Wildman–Crippen MR) is 105 cm³/mol. The van der Waals surface area contributed by atoms with Gasteiger partial charge in [-0.05, 0) is 37.1 Å². The molecular weight excluding hydrogens is 362 g/mol.